The average Bonchev–Trinajstić information content (AvgIpc) is 2.36. The fraction of sp³-hybridized carbons (Fsp3) is 0.857. The van der Waals surface area contributed by atoms with Gasteiger partial charge in [0.15, 0.2) is 0 Å². The van der Waals surface area contributed by atoms with E-state index in [1.54, 1.807) is 0 Å². The van der Waals surface area contributed by atoms with E-state index in [-0.39, 0.29) is 18.6 Å². The van der Waals surface area contributed by atoms with E-state index in [4.69, 9.17) is 0 Å². The summed E-state index contributed by atoms with van der Waals surface area (Å²) in [5, 5.41) is 7.82. The van der Waals surface area contributed by atoms with Gasteiger partial charge in [0.25, 0.3) is 0 Å². The summed E-state index contributed by atoms with van der Waals surface area (Å²) in [6, 6.07) is -0.225. The number of urea groups is 1. The molecule has 0 spiro atoms. The van der Waals surface area contributed by atoms with Gasteiger partial charge in [0.05, 0.1) is 6.67 Å². The van der Waals surface area contributed by atoms with Crippen LogP contribution in [0.1, 0.15) is 65.2 Å². The summed E-state index contributed by atoms with van der Waals surface area (Å²) in [6.45, 7) is 4.52. The number of amides is 3. The Morgan fingerprint density at radius 3 is 1.95 bits per heavy atom. The van der Waals surface area contributed by atoms with Crippen molar-refractivity contribution in [2.24, 2.45) is 0 Å². The monoisotopic (exact) mass is 271 g/mol. The summed E-state index contributed by atoms with van der Waals surface area (Å²) >= 11 is 0. The highest BCUT2D eigenvalue weighted by atomic mass is 16.2. The predicted octanol–water partition coefficient (Wildman–Crippen LogP) is 2.52. The van der Waals surface area contributed by atoms with Crippen LogP contribution in [0.5, 0.6) is 0 Å². The lowest BCUT2D eigenvalue weighted by atomic mass is 10.1. The van der Waals surface area contributed by atoms with Crippen molar-refractivity contribution in [2.75, 3.05) is 13.2 Å². The Morgan fingerprint density at radius 2 is 1.37 bits per heavy atom. The third-order valence-corrected chi connectivity index (χ3v) is 2.90. The van der Waals surface area contributed by atoms with Crippen LogP contribution in [-0.4, -0.2) is 25.2 Å². The molecule has 0 aromatic carbocycles. The quantitative estimate of drug-likeness (QED) is 0.399. The highest BCUT2D eigenvalue weighted by Gasteiger charge is 1.98. The van der Waals surface area contributed by atoms with Gasteiger partial charge in [0.2, 0.25) is 5.91 Å². The summed E-state index contributed by atoms with van der Waals surface area (Å²) in [5.41, 5.74) is 0. The van der Waals surface area contributed by atoms with E-state index in [0.717, 1.165) is 12.8 Å². The van der Waals surface area contributed by atoms with Gasteiger partial charge in [0.1, 0.15) is 0 Å². The molecule has 0 saturated carbocycles. The number of unbranched alkanes of at least 4 members (excludes halogenated alkanes) is 7. The Balaban J connectivity index is 3.16. The van der Waals surface area contributed by atoms with Gasteiger partial charge in [-0.25, -0.2) is 4.79 Å². The van der Waals surface area contributed by atoms with Crippen LogP contribution >= 0.6 is 0 Å². The Hall–Kier alpha value is -1.26. The lowest BCUT2D eigenvalue weighted by Gasteiger charge is -2.07. The van der Waals surface area contributed by atoms with Gasteiger partial charge < -0.3 is 16.0 Å². The zero-order valence-electron chi connectivity index (χ0n) is 12.4. The van der Waals surface area contributed by atoms with Crippen molar-refractivity contribution < 1.29 is 9.59 Å². The summed E-state index contributed by atoms with van der Waals surface area (Å²) in [6.07, 6.45) is 10.0. The summed E-state index contributed by atoms with van der Waals surface area (Å²) in [5.74, 6) is -0.150. The van der Waals surface area contributed by atoms with Crippen LogP contribution in [0, 0.1) is 0 Å². The molecule has 3 N–H and O–H groups in total. The number of nitrogens with one attached hydrogen (secondary N) is 3. The van der Waals surface area contributed by atoms with E-state index in [1.807, 2.05) is 0 Å². The first kappa shape index (κ1) is 17.7. The molecule has 0 aliphatic carbocycles. The Morgan fingerprint density at radius 1 is 0.789 bits per heavy atom. The second kappa shape index (κ2) is 13.2. The summed E-state index contributed by atoms with van der Waals surface area (Å²) in [7, 11) is 0. The van der Waals surface area contributed by atoms with Crippen molar-refractivity contribution in [1.29, 1.82) is 0 Å². The molecule has 0 fully saturated rings. The van der Waals surface area contributed by atoms with Crippen LogP contribution in [0.3, 0.4) is 0 Å². The van der Waals surface area contributed by atoms with Crippen molar-refractivity contribution in [3.63, 3.8) is 0 Å². The molecule has 0 aromatic heterocycles. The van der Waals surface area contributed by atoms with E-state index >= 15 is 0 Å². The van der Waals surface area contributed by atoms with Gasteiger partial charge in [-0.1, -0.05) is 51.9 Å². The second-order valence-electron chi connectivity index (χ2n) is 4.82. The smallest absolute Gasteiger partial charge is 0.316 e. The normalized spacial score (nSPS) is 10.0. The number of hydrogen-bond acceptors (Lipinski definition) is 2. The second-order valence-corrected chi connectivity index (χ2v) is 4.82. The number of rotatable bonds is 11. The highest BCUT2D eigenvalue weighted by Crippen LogP contribution is 2.07. The molecule has 5 nitrogen and oxygen atoms in total. The van der Waals surface area contributed by atoms with Crippen LogP contribution < -0.4 is 16.0 Å². The van der Waals surface area contributed by atoms with Gasteiger partial charge in [-0.2, -0.15) is 0 Å². The molecule has 19 heavy (non-hydrogen) atoms. The van der Waals surface area contributed by atoms with Gasteiger partial charge in [-0.15, -0.1) is 0 Å². The van der Waals surface area contributed by atoms with Gasteiger partial charge >= 0.3 is 6.03 Å². The Kier molecular flexibility index (Phi) is 12.3. The van der Waals surface area contributed by atoms with E-state index in [0.29, 0.717) is 6.54 Å². The lowest BCUT2D eigenvalue weighted by molar-refractivity contribution is -0.118. The van der Waals surface area contributed by atoms with Gasteiger partial charge in [-0.3, -0.25) is 4.79 Å². The third kappa shape index (κ3) is 14.7. The van der Waals surface area contributed by atoms with Gasteiger partial charge in [0, 0.05) is 13.5 Å². The predicted molar refractivity (Wildman–Crippen MR) is 77.8 cm³/mol. The van der Waals surface area contributed by atoms with Crippen LogP contribution in [0.2, 0.25) is 0 Å². The fourth-order valence-corrected chi connectivity index (χ4v) is 1.77. The number of carbonyl (C=O) groups is 2. The van der Waals surface area contributed by atoms with Crippen LogP contribution in [0.15, 0.2) is 0 Å². The van der Waals surface area contributed by atoms with Crippen molar-refractivity contribution in [2.45, 2.75) is 65.2 Å². The molecule has 112 valence electrons. The van der Waals surface area contributed by atoms with Crippen LogP contribution in [0.25, 0.3) is 0 Å². The molecule has 0 radical (unpaired) electrons. The molecular weight excluding hydrogens is 242 g/mol. The highest BCUT2D eigenvalue weighted by molar-refractivity contribution is 5.76. The Bertz CT molecular complexity index is 245. The molecule has 0 unspecified atom stereocenters. The van der Waals surface area contributed by atoms with Crippen molar-refractivity contribution >= 4 is 11.9 Å². The van der Waals surface area contributed by atoms with E-state index in [9.17, 15) is 9.59 Å². The van der Waals surface area contributed by atoms with Crippen molar-refractivity contribution in [3.05, 3.63) is 0 Å². The minimum absolute atomic E-state index is 0.150. The average molecular weight is 271 g/mol. The fourth-order valence-electron chi connectivity index (χ4n) is 1.77. The van der Waals surface area contributed by atoms with Crippen LogP contribution in [-0.2, 0) is 4.79 Å². The molecule has 5 heteroatoms. The van der Waals surface area contributed by atoms with Crippen molar-refractivity contribution in [3.8, 4) is 0 Å². The molecule has 0 heterocycles. The first-order valence-electron chi connectivity index (χ1n) is 7.43. The minimum Gasteiger partial charge on any atom is -0.339 e. The maximum Gasteiger partial charge on any atom is 0.316 e. The topological polar surface area (TPSA) is 70.2 Å². The summed E-state index contributed by atoms with van der Waals surface area (Å²) < 4.78 is 0. The van der Waals surface area contributed by atoms with E-state index in [1.165, 1.54) is 45.4 Å². The minimum atomic E-state index is -0.225. The molecule has 0 aliphatic heterocycles. The molecule has 0 saturated heterocycles. The van der Waals surface area contributed by atoms with E-state index < -0.39 is 0 Å². The first-order valence-corrected chi connectivity index (χ1v) is 7.43. The summed E-state index contributed by atoms with van der Waals surface area (Å²) in [4.78, 5) is 21.8. The zero-order valence-corrected chi connectivity index (χ0v) is 12.4. The Labute approximate surface area is 116 Å². The molecule has 0 aliphatic rings. The molecule has 0 rings (SSSR count). The molecule has 3 amide bonds. The van der Waals surface area contributed by atoms with Crippen LogP contribution in [0.4, 0.5) is 4.79 Å². The largest absolute Gasteiger partial charge is 0.339 e. The first-order chi connectivity index (χ1) is 9.16. The zero-order chi connectivity index (χ0) is 14.3. The standard InChI is InChI=1S/C14H29N3O2/c1-3-4-5-6-7-8-9-10-11-15-14(19)17-12-16-13(2)18/h3-12H2,1-2H3,(H,16,18)(H2,15,17,19). The SMILES string of the molecule is CCCCCCCCCCNC(=O)NCNC(C)=O. The van der Waals surface area contributed by atoms with E-state index in [2.05, 4.69) is 22.9 Å². The number of hydrogen-bond donors (Lipinski definition) is 3. The molecule has 0 aromatic rings. The molecule has 0 atom stereocenters. The van der Waals surface area contributed by atoms with Crippen molar-refractivity contribution in [1.82, 2.24) is 16.0 Å². The maximum absolute atomic E-state index is 11.3. The number of carbonyl (C=O) groups excluding carboxylic acids is 2. The molecule has 0 bridgehead atoms. The lowest BCUT2D eigenvalue weighted by Crippen LogP contribution is -2.42. The van der Waals surface area contributed by atoms with Gasteiger partial charge in [-0.05, 0) is 6.42 Å². The molecular formula is C14H29N3O2. The third-order valence-electron chi connectivity index (χ3n) is 2.90. The maximum atomic E-state index is 11.3.